The van der Waals surface area contributed by atoms with Crippen molar-refractivity contribution < 1.29 is 4.79 Å². The van der Waals surface area contributed by atoms with E-state index in [2.05, 4.69) is 20.8 Å². The third kappa shape index (κ3) is 2.53. The summed E-state index contributed by atoms with van der Waals surface area (Å²) in [6.45, 7) is 8.88. The van der Waals surface area contributed by atoms with Crippen LogP contribution in [0.15, 0.2) is 0 Å². The molecule has 0 radical (unpaired) electrons. The molecule has 1 rings (SSSR count). The highest BCUT2D eigenvalue weighted by molar-refractivity contribution is 5.80. The summed E-state index contributed by atoms with van der Waals surface area (Å²) in [5.74, 6) is 2.01. The first-order valence-electron chi connectivity index (χ1n) is 6.20. The molecule has 0 heterocycles. The van der Waals surface area contributed by atoms with Gasteiger partial charge in [-0.25, -0.2) is 0 Å². The van der Waals surface area contributed by atoms with Crippen molar-refractivity contribution >= 4 is 5.91 Å². The van der Waals surface area contributed by atoms with E-state index in [1.165, 1.54) is 6.42 Å². The Hall–Kier alpha value is -0.530. The van der Waals surface area contributed by atoms with Crippen LogP contribution in [0.4, 0.5) is 0 Å². The molecule has 0 bridgehead atoms. The van der Waals surface area contributed by atoms with Gasteiger partial charge in [-0.3, -0.25) is 4.79 Å². The number of amides is 1. The topological polar surface area (TPSA) is 43.1 Å². The van der Waals surface area contributed by atoms with Crippen molar-refractivity contribution in [2.75, 3.05) is 0 Å². The van der Waals surface area contributed by atoms with Gasteiger partial charge < -0.3 is 5.73 Å². The Morgan fingerprint density at radius 2 is 2.20 bits per heavy atom. The number of carbonyl (C=O) groups is 1. The first-order chi connectivity index (χ1) is 6.90. The lowest BCUT2D eigenvalue weighted by Crippen LogP contribution is -2.42. The van der Waals surface area contributed by atoms with Gasteiger partial charge in [-0.2, -0.15) is 0 Å². The van der Waals surface area contributed by atoms with Gasteiger partial charge in [0.2, 0.25) is 5.91 Å². The largest absolute Gasteiger partial charge is 0.369 e. The monoisotopic (exact) mass is 211 g/mol. The Bertz CT molecular complexity index is 235. The zero-order chi connectivity index (χ0) is 11.6. The fourth-order valence-corrected chi connectivity index (χ4v) is 2.87. The van der Waals surface area contributed by atoms with Crippen LogP contribution in [0.3, 0.4) is 0 Å². The van der Waals surface area contributed by atoms with Gasteiger partial charge in [0.15, 0.2) is 0 Å². The molecule has 0 spiro atoms. The molecule has 0 saturated heterocycles. The van der Waals surface area contributed by atoms with Crippen LogP contribution in [0.1, 0.15) is 53.4 Å². The van der Waals surface area contributed by atoms with Crippen molar-refractivity contribution in [2.45, 2.75) is 53.4 Å². The molecule has 2 heteroatoms. The summed E-state index contributed by atoms with van der Waals surface area (Å²) in [5.41, 5.74) is 5.26. The minimum Gasteiger partial charge on any atom is -0.369 e. The van der Waals surface area contributed by atoms with E-state index in [0.29, 0.717) is 11.8 Å². The van der Waals surface area contributed by atoms with Gasteiger partial charge in [0.25, 0.3) is 0 Å². The molecule has 0 aromatic rings. The lowest BCUT2D eigenvalue weighted by atomic mass is 9.62. The van der Waals surface area contributed by atoms with Crippen molar-refractivity contribution in [1.29, 1.82) is 0 Å². The van der Waals surface area contributed by atoms with E-state index < -0.39 is 0 Å². The predicted octanol–water partition coefficient (Wildman–Crippen LogP) is 2.96. The predicted molar refractivity (Wildman–Crippen MR) is 63.3 cm³/mol. The lowest BCUT2D eigenvalue weighted by Gasteiger charge is -2.42. The minimum absolute atomic E-state index is 0.109. The van der Waals surface area contributed by atoms with Crippen LogP contribution in [0.5, 0.6) is 0 Å². The third-order valence-electron chi connectivity index (χ3n) is 4.54. The summed E-state index contributed by atoms with van der Waals surface area (Å²) in [7, 11) is 0. The second-order valence-corrected chi connectivity index (χ2v) is 5.69. The van der Waals surface area contributed by atoms with Crippen molar-refractivity contribution in [2.24, 2.45) is 28.9 Å². The van der Waals surface area contributed by atoms with E-state index in [9.17, 15) is 4.79 Å². The molecule has 2 nitrogen and oxygen atoms in total. The summed E-state index contributed by atoms with van der Waals surface area (Å²) in [6, 6.07) is 0. The van der Waals surface area contributed by atoms with Crippen LogP contribution in [-0.2, 0) is 4.79 Å². The first-order valence-corrected chi connectivity index (χ1v) is 6.20. The number of rotatable bonds is 3. The Kier molecular flexibility index (Phi) is 3.80. The van der Waals surface area contributed by atoms with Gasteiger partial charge in [-0.05, 0) is 37.0 Å². The van der Waals surface area contributed by atoms with Gasteiger partial charge in [0.1, 0.15) is 0 Å². The van der Waals surface area contributed by atoms with Crippen molar-refractivity contribution in [1.82, 2.24) is 0 Å². The molecular weight excluding hydrogens is 186 g/mol. The molecule has 0 aromatic heterocycles. The Labute approximate surface area is 93.6 Å². The van der Waals surface area contributed by atoms with E-state index in [1.54, 1.807) is 0 Å². The van der Waals surface area contributed by atoms with Crippen LogP contribution in [-0.4, -0.2) is 5.91 Å². The maximum Gasteiger partial charge on any atom is 0.223 e. The number of nitrogens with two attached hydrogens (primary N) is 1. The molecule has 1 aliphatic carbocycles. The Balaban J connectivity index is 2.76. The Morgan fingerprint density at radius 1 is 1.60 bits per heavy atom. The first kappa shape index (κ1) is 12.5. The third-order valence-corrected chi connectivity index (χ3v) is 4.54. The molecule has 0 aromatic carbocycles. The minimum atomic E-state index is -0.249. The van der Waals surface area contributed by atoms with E-state index >= 15 is 0 Å². The lowest BCUT2D eigenvalue weighted by molar-refractivity contribution is -0.130. The van der Waals surface area contributed by atoms with E-state index in [-0.39, 0.29) is 11.3 Å². The summed E-state index contributed by atoms with van der Waals surface area (Å²) in [4.78, 5) is 11.5. The number of primary amides is 1. The van der Waals surface area contributed by atoms with Gasteiger partial charge in [-0.15, -0.1) is 0 Å². The van der Waals surface area contributed by atoms with Crippen molar-refractivity contribution in [3.05, 3.63) is 0 Å². The molecule has 1 fully saturated rings. The van der Waals surface area contributed by atoms with E-state index in [4.69, 9.17) is 5.73 Å². The maximum absolute atomic E-state index is 11.5. The van der Waals surface area contributed by atoms with Crippen molar-refractivity contribution in [3.8, 4) is 0 Å². The maximum atomic E-state index is 11.5. The molecule has 88 valence electrons. The van der Waals surface area contributed by atoms with Crippen LogP contribution >= 0.6 is 0 Å². The molecule has 2 N–H and O–H groups in total. The summed E-state index contributed by atoms with van der Waals surface area (Å²) < 4.78 is 0. The fourth-order valence-electron chi connectivity index (χ4n) is 2.87. The van der Waals surface area contributed by atoms with Crippen molar-refractivity contribution in [3.63, 3.8) is 0 Å². The fraction of sp³-hybridized carbons (Fsp3) is 0.923. The highest BCUT2D eigenvalue weighted by Crippen LogP contribution is 2.45. The average Bonchev–Trinajstić information content (AvgIpc) is 2.20. The van der Waals surface area contributed by atoms with Gasteiger partial charge in [0, 0.05) is 5.41 Å². The van der Waals surface area contributed by atoms with Crippen LogP contribution in [0.2, 0.25) is 0 Å². The standard InChI is InChI=1S/C13H25NO/c1-5-9(2)11-8-13(4,12(14)15)7-6-10(11)3/h9-11H,5-8H2,1-4H3,(H2,14,15)/t9-,10-,11+,13-/m1/s1. The summed E-state index contributed by atoms with van der Waals surface area (Å²) >= 11 is 0. The second-order valence-electron chi connectivity index (χ2n) is 5.69. The molecule has 15 heavy (non-hydrogen) atoms. The second kappa shape index (κ2) is 4.54. The number of hydrogen-bond donors (Lipinski definition) is 1. The molecule has 1 aliphatic rings. The smallest absolute Gasteiger partial charge is 0.223 e. The molecule has 0 aliphatic heterocycles. The highest BCUT2D eigenvalue weighted by atomic mass is 16.1. The zero-order valence-corrected chi connectivity index (χ0v) is 10.5. The normalized spacial score (nSPS) is 38.7. The molecule has 0 unspecified atom stereocenters. The van der Waals surface area contributed by atoms with E-state index in [0.717, 1.165) is 25.2 Å². The average molecular weight is 211 g/mol. The van der Waals surface area contributed by atoms with Crippen LogP contribution in [0.25, 0.3) is 0 Å². The van der Waals surface area contributed by atoms with Gasteiger partial charge in [0.05, 0.1) is 0 Å². The van der Waals surface area contributed by atoms with Crippen LogP contribution < -0.4 is 5.73 Å². The number of carbonyl (C=O) groups excluding carboxylic acids is 1. The zero-order valence-electron chi connectivity index (χ0n) is 10.5. The molecule has 4 atom stereocenters. The Morgan fingerprint density at radius 3 is 2.67 bits per heavy atom. The SMILES string of the molecule is CC[C@@H](C)[C@@H]1C[C@](C)(C(N)=O)CC[C@H]1C. The highest BCUT2D eigenvalue weighted by Gasteiger charge is 2.41. The van der Waals surface area contributed by atoms with Crippen LogP contribution in [0, 0.1) is 23.2 Å². The summed E-state index contributed by atoms with van der Waals surface area (Å²) in [6.07, 6.45) is 4.30. The quantitative estimate of drug-likeness (QED) is 0.766. The molecule has 1 saturated carbocycles. The van der Waals surface area contributed by atoms with E-state index in [1.807, 2.05) is 6.92 Å². The summed E-state index contributed by atoms with van der Waals surface area (Å²) in [5, 5.41) is 0. The van der Waals surface area contributed by atoms with Gasteiger partial charge >= 0.3 is 0 Å². The molecule has 1 amide bonds. The van der Waals surface area contributed by atoms with Gasteiger partial charge in [-0.1, -0.05) is 34.1 Å². The molecular formula is C13H25NO. The number of hydrogen-bond acceptors (Lipinski definition) is 1.